The predicted octanol–water partition coefficient (Wildman–Crippen LogP) is 1.85. The van der Waals surface area contributed by atoms with Gasteiger partial charge in [0.2, 0.25) is 0 Å². The molecule has 2 aromatic carbocycles. The highest BCUT2D eigenvalue weighted by atomic mass is 16.5. The van der Waals surface area contributed by atoms with Crippen LogP contribution >= 0.6 is 0 Å². The molecule has 0 unspecified atom stereocenters. The number of aromatic amines is 1. The van der Waals surface area contributed by atoms with Gasteiger partial charge in [-0.25, -0.2) is 4.98 Å². The van der Waals surface area contributed by atoms with Crippen molar-refractivity contribution in [3.8, 4) is 0 Å². The van der Waals surface area contributed by atoms with Crippen molar-refractivity contribution >= 4 is 11.7 Å². The van der Waals surface area contributed by atoms with Crippen molar-refractivity contribution in [1.29, 1.82) is 0 Å². The Balaban J connectivity index is 1.19. The second-order valence-electron chi connectivity index (χ2n) is 17.2. The average Bonchev–Trinajstić information content (AvgIpc) is 3.78. The summed E-state index contributed by atoms with van der Waals surface area (Å²) in [5.74, 6) is 0.293. The maximum absolute atomic E-state index is 12.5. The van der Waals surface area contributed by atoms with Crippen molar-refractivity contribution in [1.82, 2.24) is 50.0 Å². The Labute approximate surface area is 381 Å². The fraction of sp³-hybridized carbons (Fsp3) is 0.660. The molecule has 0 aliphatic carbocycles. The number of rotatable bonds is 22. The number of esters is 1. The highest BCUT2D eigenvalue weighted by Crippen LogP contribution is 2.31. The van der Waals surface area contributed by atoms with Crippen molar-refractivity contribution < 1.29 is 30.0 Å². The minimum absolute atomic E-state index is 0.0437. The number of carbonyl (C=O) groups excluding carboxylic acids is 1. The molecule has 17 heteroatoms. The van der Waals surface area contributed by atoms with Crippen LogP contribution in [0.5, 0.6) is 0 Å². The van der Waals surface area contributed by atoms with Gasteiger partial charge in [0.1, 0.15) is 30.7 Å². The van der Waals surface area contributed by atoms with E-state index in [0.29, 0.717) is 57.7 Å². The Kier molecular flexibility index (Phi) is 21.8. The number of nitrogens with one attached hydrogen (secondary N) is 4. The van der Waals surface area contributed by atoms with Gasteiger partial charge in [-0.1, -0.05) is 64.1 Å². The van der Waals surface area contributed by atoms with Crippen LogP contribution in [0.4, 0.5) is 5.69 Å². The SMILES string of the molecule is CC[C@H](N[C@@H](O)CN1CCN(CC)CCN(CC)CCN(CC)CC1)[C@H](O)NCCCN1Cc2cc([C@H](O)N(Cc3ccccc3)Cc3ncc[nH]3)ccc2N[C@@H](CC(=O)OC)[C@@H]1O. The van der Waals surface area contributed by atoms with Gasteiger partial charge in [0.25, 0.3) is 0 Å². The van der Waals surface area contributed by atoms with Crippen LogP contribution in [0, 0.1) is 0 Å². The van der Waals surface area contributed by atoms with Crippen LogP contribution in [0.2, 0.25) is 0 Å². The number of aromatic nitrogens is 2. The van der Waals surface area contributed by atoms with Gasteiger partial charge in [-0.3, -0.25) is 30.1 Å². The Morgan fingerprint density at radius 1 is 0.891 bits per heavy atom. The number of anilines is 1. The molecule has 0 saturated carbocycles. The normalized spacial score (nSPS) is 21.2. The highest BCUT2D eigenvalue weighted by molar-refractivity contribution is 5.71. The van der Waals surface area contributed by atoms with E-state index in [1.54, 1.807) is 12.4 Å². The first-order chi connectivity index (χ1) is 31.0. The van der Waals surface area contributed by atoms with E-state index >= 15 is 0 Å². The number of aliphatic hydroxyl groups is 4. The number of methoxy groups -OCH3 is 1. The molecule has 6 atom stereocenters. The predicted molar refractivity (Wildman–Crippen MR) is 251 cm³/mol. The molecule has 3 aromatic rings. The lowest BCUT2D eigenvalue weighted by molar-refractivity contribution is -0.142. The molecule has 3 heterocycles. The lowest BCUT2D eigenvalue weighted by atomic mass is 10.1. The molecule has 358 valence electrons. The third-order valence-electron chi connectivity index (χ3n) is 12.9. The summed E-state index contributed by atoms with van der Waals surface area (Å²) in [5.41, 5.74) is 3.36. The molecular formula is C47H79N11O6. The van der Waals surface area contributed by atoms with E-state index < -0.39 is 36.9 Å². The summed E-state index contributed by atoms with van der Waals surface area (Å²) < 4.78 is 4.99. The van der Waals surface area contributed by atoms with E-state index in [9.17, 15) is 25.2 Å². The van der Waals surface area contributed by atoms with Crippen LogP contribution in [0.25, 0.3) is 0 Å². The summed E-state index contributed by atoms with van der Waals surface area (Å²) in [4.78, 5) is 33.8. The maximum atomic E-state index is 12.5. The van der Waals surface area contributed by atoms with Gasteiger partial charge in [-0.2, -0.15) is 0 Å². The highest BCUT2D eigenvalue weighted by Gasteiger charge is 2.33. The molecule has 2 aliphatic heterocycles. The average molecular weight is 894 g/mol. The molecular weight excluding hydrogens is 815 g/mol. The number of H-pyrrole nitrogens is 1. The minimum Gasteiger partial charge on any atom is -0.469 e. The molecule has 1 fully saturated rings. The van der Waals surface area contributed by atoms with Crippen molar-refractivity contribution in [3.05, 3.63) is 83.4 Å². The van der Waals surface area contributed by atoms with Gasteiger partial charge >= 0.3 is 5.97 Å². The van der Waals surface area contributed by atoms with Gasteiger partial charge in [0.05, 0.1) is 26.1 Å². The monoisotopic (exact) mass is 894 g/mol. The van der Waals surface area contributed by atoms with E-state index in [-0.39, 0.29) is 12.5 Å². The second kappa shape index (κ2) is 27.2. The number of fused-ring (bicyclic) bond motifs is 1. The molecule has 1 saturated heterocycles. The van der Waals surface area contributed by atoms with Crippen molar-refractivity contribution in [2.75, 3.05) is 104 Å². The Morgan fingerprint density at radius 2 is 1.53 bits per heavy atom. The quantitative estimate of drug-likeness (QED) is 0.0414. The van der Waals surface area contributed by atoms with Gasteiger partial charge < -0.3 is 50.2 Å². The molecule has 1 aromatic heterocycles. The molecule has 0 radical (unpaired) electrons. The summed E-state index contributed by atoms with van der Waals surface area (Å²) >= 11 is 0. The second-order valence-corrected chi connectivity index (χ2v) is 17.2. The standard InChI is InChI=1S/C47H79N11O6/c1-6-39(52-43(59)35-56-28-26-54(8-3)24-22-53(7-2)23-25-55(9-4)27-29-56)45(61)50-18-13-21-57-33-38-30-37(16-17-40(38)51-41(47(57)63)31-44(60)64-5)46(62)58(34-42-48-19-20-49-42)32-36-14-11-10-12-15-36/h10-12,14-17,19-20,30,39,41,43,45-47,50-52,59,61-63H,6-9,13,18,21-29,31-35H2,1-5H3,(H,48,49)/t39-,41-,43-,45-,46-,47-/m0/s1. The summed E-state index contributed by atoms with van der Waals surface area (Å²) in [5, 5.41) is 56.1. The van der Waals surface area contributed by atoms with Crippen LogP contribution < -0.4 is 16.0 Å². The number of ether oxygens (including phenoxy) is 1. The molecule has 5 rings (SSSR count). The van der Waals surface area contributed by atoms with Crippen LogP contribution in [-0.2, 0) is 29.2 Å². The number of aliphatic hydroxyl groups excluding tert-OH is 4. The topological polar surface area (TPSA) is 191 Å². The first-order valence-electron chi connectivity index (χ1n) is 23.6. The summed E-state index contributed by atoms with van der Waals surface area (Å²) in [6, 6.07) is 14.7. The molecule has 17 nitrogen and oxygen atoms in total. The van der Waals surface area contributed by atoms with E-state index in [1.807, 2.05) is 65.3 Å². The zero-order chi connectivity index (χ0) is 45.8. The maximum Gasteiger partial charge on any atom is 0.307 e. The number of imidazole rings is 1. The molecule has 64 heavy (non-hydrogen) atoms. The van der Waals surface area contributed by atoms with E-state index in [4.69, 9.17) is 4.74 Å². The van der Waals surface area contributed by atoms with Crippen molar-refractivity contribution in [2.24, 2.45) is 0 Å². The number of hydrogen-bond acceptors (Lipinski definition) is 16. The van der Waals surface area contributed by atoms with Gasteiger partial charge in [0.15, 0.2) is 0 Å². The minimum atomic E-state index is -1.02. The van der Waals surface area contributed by atoms with Crippen LogP contribution in [-0.4, -0.2) is 195 Å². The lowest BCUT2D eigenvalue weighted by Gasteiger charge is -2.35. The van der Waals surface area contributed by atoms with E-state index in [1.165, 1.54) is 7.11 Å². The Bertz CT molecular complexity index is 1730. The first-order valence-corrected chi connectivity index (χ1v) is 23.6. The van der Waals surface area contributed by atoms with Gasteiger partial charge in [-0.05, 0) is 67.8 Å². The molecule has 0 spiro atoms. The number of benzene rings is 2. The zero-order valence-electron chi connectivity index (χ0n) is 39.1. The van der Waals surface area contributed by atoms with Gasteiger partial charge in [0, 0.05) is 103 Å². The molecule has 8 N–H and O–H groups in total. The number of likely N-dealkylation sites (N-methyl/N-ethyl adjacent to an activating group) is 3. The summed E-state index contributed by atoms with van der Waals surface area (Å²) in [6.45, 7) is 22.1. The molecule has 2 aliphatic rings. The van der Waals surface area contributed by atoms with E-state index in [0.717, 1.165) is 94.6 Å². The third-order valence-corrected chi connectivity index (χ3v) is 12.9. The lowest BCUT2D eigenvalue weighted by Crippen LogP contribution is -2.55. The number of hydrogen-bond donors (Lipinski definition) is 8. The molecule has 0 bridgehead atoms. The fourth-order valence-electron chi connectivity index (χ4n) is 8.71. The van der Waals surface area contributed by atoms with Crippen LogP contribution in [0.1, 0.15) is 75.7 Å². The number of nitrogens with zero attached hydrogens (tertiary/aromatic N) is 7. The number of carbonyl (C=O) groups is 1. The largest absolute Gasteiger partial charge is 0.469 e. The Hall–Kier alpha value is -3.56. The van der Waals surface area contributed by atoms with Crippen LogP contribution in [0.3, 0.4) is 0 Å². The van der Waals surface area contributed by atoms with Crippen molar-refractivity contribution in [2.45, 2.75) is 104 Å². The summed E-state index contributed by atoms with van der Waals surface area (Å²) in [7, 11) is 1.34. The fourth-order valence-corrected chi connectivity index (χ4v) is 8.71. The zero-order valence-corrected chi connectivity index (χ0v) is 39.1. The van der Waals surface area contributed by atoms with Crippen LogP contribution in [0.15, 0.2) is 60.9 Å². The van der Waals surface area contributed by atoms with E-state index in [2.05, 4.69) is 66.3 Å². The third kappa shape index (κ3) is 16.1. The number of β-amino-alcohol motifs (C(OH)–C–C–N with tert-alkyl or cyclic N) is 1. The van der Waals surface area contributed by atoms with Crippen molar-refractivity contribution in [3.63, 3.8) is 0 Å². The molecule has 0 amide bonds. The first kappa shape index (κ1) is 51.4. The van der Waals surface area contributed by atoms with Gasteiger partial charge in [-0.15, -0.1) is 0 Å². The summed E-state index contributed by atoms with van der Waals surface area (Å²) in [6.07, 6.45) is 0.886. The Morgan fingerprint density at radius 3 is 2.11 bits per heavy atom. The smallest absolute Gasteiger partial charge is 0.307 e.